The highest BCUT2D eigenvalue weighted by Gasteiger charge is 2.11. The fraction of sp³-hybridized carbons (Fsp3) is 0. The summed E-state index contributed by atoms with van der Waals surface area (Å²) in [5.74, 6) is -0.694. The topological polar surface area (TPSA) is 76.0 Å². The van der Waals surface area contributed by atoms with Crippen molar-refractivity contribution in [3.05, 3.63) is 52.8 Å². The molecule has 0 saturated heterocycles. The molecule has 0 fully saturated rings. The molecule has 0 aliphatic heterocycles. The molecule has 1 aromatic carbocycles. The van der Waals surface area contributed by atoms with Crippen molar-refractivity contribution in [1.29, 1.82) is 0 Å². The number of nitrogens with two attached hydrogens (primary N) is 1. The molecule has 0 aliphatic carbocycles. The number of fused-ring (bicyclic) bond motifs is 1. The maximum absolute atomic E-state index is 12.0. The third-order valence-electron chi connectivity index (χ3n) is 2.41. The second kappa shape index (κ2) is 3.66. The van der Waals surface area contributed by atoms with E-state index in [2.05, 4.69) is 11.6 Å². The van der Waals surface area contributed by atoms with Gasteiger partial charge in [0, 0.05) is 22.7 Å². The van der Waals surface area contributed by atoms with E-state index in [0.29, 0.717) is 10.9 Å². The third kappa shape index (κ3) is 1.50. The summed E-state index contributed by atoms with van der Waals surface area (Å²) in [7, 11) is 0. The summed E-state index contributed by atoms with van der Waals surface area (Å²) in [6, 6.07) is 7.05. The summed E-state index contributed by atoms with van der Waals surface area (Å²) in [6.45, 7) is 3.50. The van der Waals surface area contributed by atoms with Crippen LogP contribution in [0.4, 0.5) is 0 Å². The predicted octanol–water partition coefficient (Wildman–Crippen LogP) is 1.03. The first-order valence-electron chi connectivity index (χ1n) is 4.71. The second-order valence-electron chi connectivity index (χ2n) is 3.42. The van der Waals surface area contributed by atoms with E-state index in [-0.39, 0.29) is 16.6 Å². The molecule has 0 spiro atoms. The van der Waals surface area contributed by atoms with Crippen LogP contribution in [0.5, 0.6) is 0 Å². The normalized spacial score (nSPS) is 10.2. The highest BCUT2D eigenvalue weighted by atomic mass is 16.1. The van der Waals surface area contributed by atoms with Gasteiger partial charge in [-0.05, 0) is 12.1 Å². The van der Waals surface area contributed by atoms with E-state index in [1.165, 1.54) is 6.20 Å². The summed E-state index contributed by atoms with van der Waals surface area (Å²) in [4.78, 5) is 25.9. The lowest BCUT2D eigenvalue weighted by Crippen LogP contribution is -2.18. The van der Waals surface area contributed by atoms with Gasteiger partial charge in [-0.15, -0.1) is 0 Å². The van der Waals surface area contributed by atoms with Crippen molar-refractivity contribution in [3.8, 4) is 0 Å². The van der Waals surface area contributed by atoms with Crippen LogP contribution < -0.4 is 11.2 Å². The molecule has 2 aromatic rings. The number of hydrogen-bond donors (Lipinski definition) is 2. The zero-order chi connectivity index (χ0) is 11.7. The molecule has 4 heteroatoms. The van der Waals surface area contributed by atoms with Crippen LogP contribution in [0.25, 0.3) is 16.5 Å². The first-order chi connectivity index (χ1) is 7.61. The number of nitrogens with one attached hydrogen (secondary N) is 1. The molecule has 16 heavy (non-hydrogen) atoms. The lowest BCUT2D eigenvalue weighted by molar-refractivity contribution is -0.112. The third-order valence-corrected chi connectivity index (χ3v) is 2.41. The number of H-pyrrole nitrogens is 1. The number of aromatic nitrogens is 1. The number of pyridine rings is 1. The van der Waals surface area contributed by atoms with Crippen molar-refractivity contribution in [2.45, 2.75) is 0 Å². The van der Waals surface area contributed by atoms with E-state index in [1.54, 1.807) is 18.2 Å². The van der Waals surface area contributed by atoms with Crippen molar-refractivity contribution in [3.63, 3.8) is 0 Å². The van der Waals surface area contributed by atoms with Crippen LogP contribution in [0.1, 0.15) is 5.56 Å². The average Bonchev–Trinajstić information content (AvgIpc) is 2.29. The monoisotopic (exact) mass is 214 g/mol. The molecule has 1 amide bonds. The lowest BCUT2D eigenvalue weighted by atomic mass is 10.1. The number of hydrogen-bond acceptors (Lipinski definition) is 2. The van der Waals surface area contributed by atoms with Crippen LogP contribution in [0, 0.1) is 0 Å². The Balaban J connectivity index is 2.75. The molecule has 0 radical (unpaired) electrons. The Kier molecular flexibility index (Phi) is 2.32. The molecule has 3 N–H and O–H groups in total. The van der Waals surface area contributed by atoms with Gasteiger partial charge in [0.25, 0.3) is 0 Å². The van der Waals surface area contributed by atoms with Gasteiger partial charge in [0.05, 0.1) is 5.56 Å². The fourth-order valence-corrected chi connectivity index (χ4v) is 1.52. The fourth-order valence-electron chi connectivity index (χ4n) is 1.52. The van der Waals surface area contributed by atoms with Gasteiger partial charge in [-0.2, -0.15) is 0 Å². The number of benzene rings is 1. The smallest absolute Gasteiger partial charge is 0.248 e. The summed E-state index contributed by atoms with van der Waals surface area (Å²) in [5.41, 5.74) is 5.80. The zero-order valence-electron chi connectivity index (χ0n) is 8.49. The molecule has 2 rings (SSSR count). The Morgan fingerprint density at radius 2 is 2.00 bits per heavy atom. The van der Waals surface area contributed by atoms with Crippen LogP contribution in [-0.2, 0) is 4.79 Å². The van der Waals surface area contributed by atoms with Gasteiger partial charge in [0.1, 0.15) is 0 Å². The summed E-state index contributed by atoms with van der Waals surface area (Å²) >= 11 is 0. The van der Waals surface area contributed by atoms with Crippen LogP contribution in [0.3, 0.4) is 0 Å². The SMILES string of the molecule is C=C(C(N)=O)c1c[nH]c2ccccc2c1=O. The minimum atomic E-state index is -0.694. The zero-order valence-corrected chi connectivity index (χ0v) is 8.49. The first kappa shape index (κ1) is 10.2. The van der Waals surface area contributed by atoms with Gasteiger partial charge >= 0.3 is 0 Å². The molecule has 0 bridgehead atoms. The van der Waals surface area contributed by atoms with Gasteiger partial charge in [-0.25, -0.2) is 0 Å². The summed E-state index contributed by atoms with van der Waals surface area (Å²) in [6.07, 6.45) is 1.46. The van der Waals surface area contributed by atoms with E-state index >= 15 is 0 Å². The minimum absolute atomic E-state index is 0.0204. The Labute approximate surface area is 91.4 Å². The molecule has 80 valence electrons. The van der Waals surface area contributed by atoms with E-state index in [1.807, 2.05) is 6.07 Å². The largest absolute Gasteiger partial charge is 0.366 e. The second-order valence-corrected chi connectivity index (χ2v) is 3.42. The maximum Gasteiger partial charge on any atom is 0.248 e. The van der Waals surface area contributed by atoms with E-state index in [9.17, 15) is 9.59 Å². The molecule has 0 aliphatic rings. The molecule has 1 aromatic heterocycles. The number of amides is 1. The predicted molar refractivity (Wildman–Crippen MR) is 62.8 cm³/mol. The molecule has 4 nitrogen and oxygen atoms in total. The Bertz CT molecular complexity index is 641. The van der Waals surface area contributed by atoms with Gasteiger partial charge in [0.15, 0.2) is 5.43 Å². The number of aromatic amines is 1. The van der Waals surface area contributed by atoms with Crippen LogP contribution in [-0.4, -0.2) is 10.9 Å². The van der Waals surface area contributed by atoms with Gasteiger partial charge in [0.2, 0.25) is 5.91 Å². The Morgan fingerprint density at radius 1 is 1.31 bits per heavy atom. The number of primary amides is 1. The first-order valence-corrected chi connectivity index (χ1v) is 4.71. The molecular formula is C12H10N2O2. The average molecular weight is 214 g/mol. The van der Waals surface area contributed by atoms with E-state index in [4.69, 9.17) is 5.73 Å². The summed E-state index contributed by atoms with van der Waals surface area (Å²) in [5, 5.41) is 0.516. The van der Waals surface area contributed by atoms with Gasteiger partial charge < -0.3 is 10.7 Å². The highest BCUT2D eigenvalue weighted by Crippen LogP contribution is 2.11. The van der Waals surface area contributed by atoms with Crippen molar-refractivity contribution in [2.75, 3.05) is 0 Å². The van der Waals surface area contributed by atoms with Crippen LogP contribution in [0.2, 0.25) is 0 Å². The molecule has 0 saturated carbocycles. The molecule has 0 unspecified atom stereocenters. The number of rotatable bonds is 2. The van der Waals surface area contributed by atoms with Crippen molar-refractivity contribution in [2.24, 2.45) is 5.73 Å². The quantitative estimate of drug-likeness (QED) is 0.732. The van der Waals surface area contributed by atoms with E-state index < -0.39 is 5.91 Å². The van der Waals surface area contributed by atoms with Crippen LogP contribution in [0.15, 0.2) is 41.8 Å². The standard InChI is InChI=1S/C12H10N2O2/c1-7(12(13)16)9-6-14-10-5-3-2-4-8(10)11(9)15/h2-6H,1H2,(H2,13,16)(H,14,15). The summed E-state index contributed by atoms with van der Waals surface area (Å²) < 4.78 is 0. The van der Waals surface area contributed by atoms with Crippen molar-refractivity contribution in [1.82, 2.24) is 4.98 Å². The van der Waals surface area contributed by atoms with E-state index in [0.717, 1.165) is 0 Å². The molecule has 1 heterocycles. The highest BCUT2D eigenvalue weighted by molar-refractivity contribution is 6.18. The lowest BCUT2D eigenvalue weighted by Gasteiger charge is -2.02. The van der Waals surface area contributed by atoms with Gasteiger partial charge in [-0.3, -0.25) is 9.59 Å². The number of carbonyl (C=O) groups is 1. The molecule has 0 atom stereocenters. The Morgan fingerprint density at radius 3 is 2.69 bits per heavy atom. The maximum atomic E-state index is 12.0. The van der Waals surface area contributed by atoms with Crippen LogP contribution >= 0.6 is 0 Å². The number of para-hydroxylation sites is 1. The number of carbonyl (C=O) groups excluding carboxylic acids is 1. The molecular weight excluding hydrogens is 204 g/mol. The van der Waals surface area contributed by atoms with Crippen molar-refractivity contribution < 1.29 is 4.79 Å². The minimum Gasteiger partial charge on any atom is -0.366 e. The van der Waals surface area contributed by atoms with Gasteiger partial charge in [-0.1, -0.05) is 18.7 Å². The Hall–Kier alpha value is -2.36. The van der Waals surface area contributed by atoms with Crippen molar-refractivity contribution >= 4 is 22.4 Å².